The van der Waals surface area contributed by atoms with E-state index in [1.165, 1.54) is 5.56 Å². The van der Waals surface area contributed by atoms with Gasteiger partial charge in [-0.1, -0.05) is 25.1 Å². The van der Waals surface area contributed by atoms with Crippen LogP contribution < -0.4 is 15.8 Å². The van der Waals surface area contributed by atoms with E-state index < -0.39 is 5.91 Å². The van der Waals surface area contributed by atoms with Gasteiger partial charge in [0, 0.05) is 24.0 Å². The summed E-state index contributed by atoms with van der Waals surface area (Å²) in [5.41, 5.74) is 9.74. The van der Waals surface area contributed by atoms with Gasteiger partial charge in [-0.3, -0.25) is 9.78 Å². The second-order valence-corrected chi connectivity index (χ2v) is 6.63. The second kappa shape index (κ2) is 8.02. The van der Waals surface area contributed by atoms with Gasteiger partial charge in [-0.25, -0.2) is 4.98 Å². The molecule has 0 aliphatic rings. The third-order valence-electron chi connectivity index (χ3n) is 4.48. The zero-order chi connectivity index (χ0) is 20.2. The van der Waals surface area contributed by atoms with Crippen molar-refractivity contribution in [3.05, 3.63) is 72.1 Å². The fraction of sp³-hybridized carbons (Fsp3) is 0.136. The number of primary amides is 1. The highest BCUT2D eigenvalue weighted by atomic mass is 16.5. The number of carbonyl (C=O) groups is 1. The summed E-state index contributed by atoms with van der Waals surface area (Å²) >= 11 is 0. The Morgan fingerprint density at radius 1 is 1.14 bits per heavy atom. The number of aromatic nitrogens is 3. The van der Waals surface area contributed by atoms with Gasteiger partial charge in [0.2, 0.25) is 11.9 Å². The molecule has 0 aliphatic carbocycles. The molecular formula is C22H21N5O2. The van der Waals surface area contributed by atoms with Gasteiger partial charge < -0.3 is 20.8 Å². The molecule has 4 N–H and O–H groups in total. The smallest absolute Gasteiger partial charge is 0.223 e. The van der Waals surface area contributed by atoms with Crippen LogP contribution in [0.2, 0.25) is 0 Å². The number of pyridine rings is 1. The molecule has 0 aliphatic heterocycles. The summed E-state index contributed by atoms with van der Waals surface area (Å²) in [5.74, 6) is 1.48. The van der Waals surface area contributed by atoms with E-state index in [-0.39, 0.29) is 6.42 Å². The molecule has 0 unspecified atom stereocenters. The van der Waals surface area contributed by atoms with E-state index in [1.807, 2.05) is 36.4 Å². The van der Waals surface area contributed by atoms with Crippen molar-refractivity contribution >= 4 is 28.6 Å². The fourth-order valence-electron chi connectivity index (χ4n) is 3.12. The maximum absolute atomic E-state index is 11.1. The molecule has 29 heavy (non-hydrogen) atoms. The average Bonchev–Trinajstić information content (AvgIpc) is 3.10. The minimum absolute atomic E-state index is 0.0745. The molecule has 2 aromatic carbocycles. The molecule has 0 fully saturated rings. The standard InChI is InChI=1S/C22H21N5O2/c1-2-14-5-3-4-6-18(14)25-22-26-19-8-7-16(13-20(19)27-22)29-17-9-10-24-15(11-17)12-21(23)28/h3-11,13H,2,12H2,1H3,(H2,23,28)(H2,25,26,27). The minimum atomic E-state index is -0.432. The SMILES string of the molecule is CCc1ccccc1Nc1nc2ccc(Oc3ccnc(CC(N)=O)c3)cc2[nH]1. The van der Waals surface area contributed by atoms with Crippen LogP contribution >= 0.6 is 0 Å². The quantitative estimate of drug-likeness (QED) is 0.443. The molecule has 1 amide bonds. The Kier molecular flexibility index (Phi) is 5.11. The van der Waals surface area contributed by atoms with Gasteiger partial charge >= 0.3 is 0 Å². The molecule has 0 radical (unpaired) electrons. The van der Waals surface area contributed by atoms with Gasteiger partial charge in [-0.05, 0) is 36.2 Å². The summed E-state index contributed by atoms with van der Waals surface area (Å²) in [6.45, 7) is 2.12. The van der Waals surface area contributed by atoms with Crippen LogP contribution in [0.25, 0.3) is 11.0 Å². The van der Waals surface area contributed by atoms with E-state index in [2.05, 4.69) is 33.3 Å². The second-order valence-electron chi connectivity index (χ2n) is 6.63. The summed E-state index contributed by atoms with van der Waals surface area (Å²) in [7, 11) is 0. The molecular weight excluding hydrogens is 366 g/mol. The number of ether oxygens (including phenoxy) is 1. The van der Waals surface area contributed by atoms with Gasteiger partial charge in [0.1, 0.15) is 11.5 Å². The van der Waals surface area contributed by atoms with E-state index in [1.54, 1.807) is 18.3 Å². The first-order chi connectivity index (χ1) is 14.1. The van der Waals surface area contributed by atoms with E-state index in [4.69, 9.17) is 10.5 Å². The number of nitrogens with one attached hydrogen (secondary N) is 2. The number of aromatic amines is 1. The number of imidazole rings is 1. The average molecular weight is 387 g/mol. The largest absolute Gasteiger partial charge is 0.457 e. The zero-order valence-corrected chi connectivity index (χ0v) is 16.0. The van der Waals surface area contributed by atoms with E-state index in [0.717, 1.165) is 23.1 Å². The molecule has 7 heteroatoms. The lowest BCUT2D eigenvalue weighted by Gasteiger charge is -2.07. The summed E-state index contributed by atoms with van der Waals surface area (Å²) in [4.78, 5) is 23.1. The first-order valence-electron chi connectivity index (χ1n) is 9.36. The number of nitrogens with two attached hydrogens (primary N) is 1. The van der Waals surface area contributed by atoms with Crippen LogP contribution in [0.4, 0.5) is 11.6 Å². The van der Waals surface area contributed by atoms with Gasteiger partial charge in [0.15, 0.2) is 0 Å². The number of benzene rings is 2. The van der Waals surface area contributed by atoms with Gasteiger partial charge in [-0.2, -0.15) is 0 Å². The number of anilines is 2. The van der Waals surface area contributed by atoms with Crippen LogP contribution in [0.3, 0.4) is 0 Å². The lowest BCUT2D eigenvalue weighted by Crippen LogP contribution is -2.14. The van der Waals surface area contributed by atoms with Crippen LogP contribution in [-0.4, -0.2) is 20.9 Å². The number of H-pyrrole nitrogens is 1. The van der Waals surface area contributed by atoms with Crippen molar-refractivity contribution in [2.45, 2.75) is 19.8 Å². The Morgan fingerprint density at radius 3 is 2.79 bits per heavy atom. The Balaban J connectivity index is 1.55. The number of hydrogen-bond acceptors (Lipinski definition) is 5. The number of hydrogen-bond donors (Lipinski definition) is 3. The normalized spacial score (nSPS) is 10.8. The van der Waals surface area contributed by atoms with Crippen molar-refractivity contribution in [1.29, 1.82) is 0 Å². The van der Waals surface area contributed by atoms with Crippen molar-refractivity contribution in [3.63, 3.8) is 0 Å². The van der Waals surface area contributed by atoms with Crippen molar-refractivity contribution < 1.29 is 9.53 Å². The molecule has 146 valence electrons. The van der Waals surface area contributed by atoms with Gasteiger partial charge in [0.05, 0.1) is 23.1 Å². The van der Waals surface area contributed by atoms with Crippen molar-refractivity contribution in [2.24, 2.45) is 5.73 Å². The third-order valence-corrected chi connectivity index (χ3v) is 4.48. The number of carbonyl (C=O) groups excluding carboxylic acids is 1. The number of fused-ring (bicyclic) bond motifs is 1. The van der Waals surface area contributed by atoms with Crippen molar-refractivity contribution in [3.8, 4) is 11.5 Å². The highest BCUT2D eigenvalue weighted by molar-refractivity contribution is 5.80. The molecule has 0 bridgehead atoms. The highest BCUT2D eigenvalue weighted by Crippen LogP contribution is 2.27. The number of aryl methyl sites for hydroxylation is 1. The van der Waals surface area contributed by atoms with Crippen LogP contribution in [0, 0.1) is 0 Å². The summed E-state index contributed by atoms with van der Waals surface area (Å²) in [5, 5.41) is 3.35. The summed E-state index contributed by atoms with van der Waals surface area (Å²) in [6, 6.07) is 17.2. The van der Waals surface area contributed by atoms with Crippen molar-refractivity contribution in [1.82, 2.24) is 15.0 Å². The lowest BCUT2D eigenvalue weighted by atomic mass is 10.1. The molecule has 0 saturated heterocycles. The first-order valence-corrected chi connectivity index (χ1v) is 9.36. The lowest BCUT2D eigenvalue weighted by molar-refractivity contribution is -0.117. The van der Waals surface area contributed by atoms with Gasteiger partial charge in [0.25, 0.3) is 0 Å². The topological polar surface area (TPSA) is 106 Å². The molecule has 7 nitrogen and oxygen atoms in total. The third kappa shape index (κ3) is 4.35. The maximum Gasteiger partial charge on any atom is 0.223 e. The predicted octanol–water partition coefficient (Wildman–Crippen LogP) is 4.08. The number of para-hydroxylation sites is 1. The Labute approximate surface area is 168 Å². The molecule has 0 spiro atoms. The molecule has 2 aromatic heterocycles. The highest BCUT2D eigenvalue weighted by Gasteiger charge is 2.08. The molecule has 4 rings (SSSR count). The minimum Gasteiger partial charge on any atom is -0.457 e. The Bertz CT molecular complexity index is 1170. The molecule has 4 aromatic rings. The monoisotopic (exact) mass is 387 g/mol. The zero-order valence-electron chi connectivity index (χ0n) is 16.0. The van der Waals surface area contributed by atoms with Crippen LogP contribution in [0.1, 0.15) is 18.2 Å². The van der Waals surface area contributed by atoms with E-state index in [9.17, 15) is 4.79 Å². The first kappa shape index (κ1) is 18.5. The van der Waals surface area contributed by atoms with Gasteiger partial charge in [-0.15, -0.1) is 0 Å². The number of nitrogens with zero attached hydrogens (tertiary/aromatic N) is 2. The van der Waals surface area contributed by atoms with Crippen LogP contribution in [0.15, 0.2) is 60.8 Å². The number of rotatable bonds is 7. The van der Waals surface area contributed by atoms with Crippen LogP contribution in [0.5, 0.6) is 11.5 Å². The summed E-state index contributed by atoms with van der Waals surface area (Å²) < 4.78 is 5.91. The Morgan fingerprint density at radius 2 is 1.97 bits per heavy atom. The van der Waals surface area contributed by atoms with Crippen LogP contribution in [-0.2, 0) is 17.6 Å². The van der Waals surface area contributed by atoms with E-state index >= 15 is 0 Å². The molecule has 0 atom stereocenters. The Hall–Kier alpha value is -3.87. The number of amides is 1. The van der Waals surface area contributed by atoms with Crippen molar-refractivity contribution in [2.75, 3.05) is 5.32 Å². The fourth-order valence-corrected chi connectivity index (χ4v) is 3.12. The summed E-state index contributed by atoms with van der Waals surface area (Å²) in [6.07, 6.45) is 2.60. The molecule has 0 saturated carbocycles. The maximum atomic E-state index is 11.1. The predicted molar refractivity (Wildman–Crippen MR) is 112 cm³/mol. The molecule has 2 heterocycles. The van der Waals surface area contributed by atoms with E-state index in [0.29, 0.717) is 23.1 Å².